The molecule has 0 radical (unpaired) electrons. The minimum Gasteiger partial charge on any atom is -0.497 e. The van der Waals surface area contributed by atoms with Gasteiger partial charge >= 0.3 is 5.97 Å². The smallest absolute Gasteiger partial charge is 0.338 e. The number of amides is 2. The highest BCUT2D eigenvalue weighted by molar-refractivity contribution is 6.05. The van der Waals surface area contributed by atoms with Crippen molar-refractivity contribution in [3.63, 3.8) is 0 Å². The molecule has 2 heterocycles. The molecule has 2 amide bonds. The number of benzene rings is 2. The molecule has 2 atom stereocenters. The summed E-state index contributed by atoms with van der Waals surface area (Å²) in [7, 11) is 1.59. The Morgan fingerprint density at radius 3 is 2.74 bits per heavy atom. The fraction of sp³-hybridized carbons (Fsp3) is 0.348. The Balaban J connectivity index is 1.35. The van der Waals surface area contributed by atoms with Crippen LogP contribution in [0.15, 0.2) is 42.5 Å². The van der Waals surface area contributed by atoms with Crippen molar-refractivity contribution in [1.29, 1.82) is 0 Å². The lowest BCUT2D eigenvalue weighted by atomic mass is 10.1. The molecule has 0 aliphatic carbocycles. The average Bonchev–Trinajstić information content (AvgIpc) is 3.28. The Labute approximate surface area is 180 Å². The molecule has 0 aromatic heterocycles. The number of ether oxygens (including phenoxy) is 2. The third-order valence-electron chi connectivity index (χ3n) is 5.63. The quantitative estimate of drug-likeness (QED) is 0.693. The number of fused-ring (bicyclic) bond motifs is 3. The zero-order valence-electron chi connectivity index (χ0n) is 17.5. The average molecular weight is 423 g/mol. The summed E-state index contributed by atoms with van der Waals surface area (Å²) < 4.78 is 10.4. The number of nitrogens with one attached hydrogen (secondary N) is 2. The normalized spacial score (nSPS) is 17.8. The molecule has 0 unspecified atom stereocenters. The molecule has 1 fully saturated rings. The van der Waals surface area contributed by atoms with Gasteiger partial charge in [0.15, 0.2) is 6.10 Å². The van der Waals surface area contributed by atoms with Crippen LogP contribution in [0.1, 0.15) is 35.7 Å². The summed E-state index contributed by atoms with van der Waals surface area (Å²) in [5.74, 6) is -0.330. The van der Waals surface area contributed by atoms with E-state index in [-0.39, 0.29) is 17.5 Å². The Kier molecular flexibility index (Phi) is 5.79. The van der Waals surface area contributed by atoms with Gasteiger partial charge in [-0.15, -0.1) is 0 Å². The van der Waals surface area contributed by atoms with Gasteiger partial charge in [-0.2, -0.15) is 0 Å². The van der Waals surface area contributed by atoms with Gasteiger partial charge < -0.3 is 25.0 Å². The molecule has 1 saturated heterocycles. The SMILES string of the molecule is COc1ccc(CNC(=O)[C@@H](C)OC(=O)c2ccc3c(c2)NC(=O)[C@@H]2CCCN32)cc1. The van der Waals surface area contributed by atoms with Crippen LogP contribution in [0.25, 0.3) is 0 Å². The molecular weight excluding hydrogens is 398 g/mol. The molecule has 4 rings (SSSR count). The van der Waals surface area contributed by atoms with Gasteiger partial charge in [-0.05, 0) is 55.7 Å². The lowest BCUT2D eigenvalue weighted by molar-refractivity contribution is -0.129. The van der Waals surface area contributed by atoms with Gasteiger partial charge in [-0.3, -0.25) is 9.59 Å². The fourth-order valence-corrected chi connectivity index (χ4v) is 3.92. The monoisotopic (exact) mass is 423 g/mol. The Morgan fingerprint density at radius 2 is 2.00 bits per heavy atom. The van der Waals surface area contributed by atoms with Crippen LogP contribution in [0.4, 0.5) is 11.4 Å². The lowest BCUT2D eigenvalue weighted by Crippen LogP contribution is -2.44. The maximum atomic E-state index is 12.6. The molecule has 2 N–H and O–H groups in total. The van der Waals surface area contributed by atoms with Gasteiger partial charge in [-0.1, -0.05) is 12.1 Å². The van der Waals surface area contributed by atoms with Crippen LogP contribution >= 0.6 is 0 Å². The van der Waals surface area contributed by atoms with E-state index >= 15 is 0 Å². The molecule has 8 nitrogen and oxygen atoms in total. The van der Waals surface area contributed by atoms with Crippen LogP contribution in [-0.2, 0) is 20.9 Å². The lowest BCUT2D eigenvalue weighted by Gasteiger charge is -2.33. The van der Waals surface area contributed by atoms with Crippen LogP contribution < -0.4 is 20.3 Å². The minimum absolute atomic E-state index is 0.0539. The molecule has 0 spiro atoms. The Hall–Kier alpha value is -3.55. The van der Waals surface area contributed by atoms with Gasteiger partial charge in [0.25, 0.3) is 5.91 Å². The van der Waals surface area contributed by atoms with E-state index in [2.05, 4.69) is 15.5 Å². The van der Waals surface area contributed by atoms with Gasteiger partial charge in [0.05, 0.1) is 24.0 Å². The molecule has 2 aliphatic heterocycles. The van der Waals surface area contributed by atoms with E-state index in [1.54, 1.807) is 19.2 Å². The van der Waals surface area contributed by atoms with E-state index in [1.807, 2.05) is 30.3 Å². The second-order valence-electron chi connectivity index (χ2n) is 7.69. The summed E-state index contributed by atoms with van der Waals surface area (Å²) in [6.45, 7) is 2.66. The van der Waals surface area contributed by atoms with Crippen LogP contribution in [0.2, 0.25) is 0 Å². The number of nitrogens with zero attached hydrogens (tertiary/aromatic N) is 1. The van der Waals surface area contributed by atoms with Crippen molar-refractivity contribution in [3.05, 3.63) is 53.6 Å². The molecule has 162 valence electrons. The van der Waals surface area contributed by atoms with Crippen molar-refractivity contribution in [3.8, 4) is 5.75 Å². The third-order valence-corrected chi connectivity index (χ3v) is 5.63. The molecule has 2 aromatic carbocycles. The number of carbonyl (C=O) groups is 3. The molecule has 0 saturated carbocycles. The van der Waals surface area contributed by atoms with Crippen molar-refractivity contribution < 1.29 is 23.9 Å². The largest absolute Gasteiger partial charge is 0.497 e. The maximum absolute atomic E-state index is 12.6. The van der Waals surface area contributed by atoms with E-state index < -0.39 is 18.0 Å². The fourth-order valence-electron chi connectivity index (χ4n) is 3.92. The second-order valence-corrected chi connectivity index (χ2v) is 7.69. The van der Waals surface area contributed by atoms with Crippen molar-refractivity contribution in [1.82, 2.24) is 5.32 Å². The Bertz CT molecular complexity index is 1000. The van der Waals surface area contributed by atoms with Crippen molar-refractivity contribution in [2.75, 3.05) is 23.9 Å². The van der Waals surface area contributed by atoms with Crippen molar-refractivity contribution in [2.45, 2.75) is 38.5 Å². The minimum atomic E-state index is -0.959. The number of hydrogen-bond acceptors (Lipinski definition) is 6. The van der Waals surface area contributed by atoms with Crippen molar-refractivity contribution in [2.24, 2.45) is 0 Å². The second kappa shape index (κ2) is 8.67. The summed E-state index contributed by atoms with van der Waals surface area (Å²) in [5.41, 5.74) is 2.68. The predicted molar refractivity (Wildman–Crippen MR) is 115 cm³/mol. The number of methoxy groups -OCH3 is 1. The number of hydrogen-bond donors (Lipinski definition) is 2. The summed E-state index contributed by atoms with van der Waals surface area (Å²) in [5, 5.41) is 5.63. The van der Waals surface area contributed by atoms with E-state index in [4.69, 9.17) is 9.47 Å². The van der Waals surface area contributed by atoms with Crippen LogP contribution in [-0.4, -0.2) is 43.6 Å². The highest BCUT2D eigenvalue weighted by Gasteiger charge is 2.36. The van der Waals surface area contributed by atoms with Gasteiger partial charge in [0.2, 0.25) is 5.91 Å². The number of carbonyl (C=O) groups excluding carboxylic acids is 3. The summed E-state index contributed by atoms with van der Waals surface area (Å²) in [6.07, 6.45) is 0.835. The van der Waals surface area contributed by atoms with Gasteiger partial charge in [-0.25, -0.2) is 4.79 Å². The van der Waals surface area contributed by atoms with Crippen LogP contribution in [0, 0.1) is 0 Å². The van der Waals surface area contributed by atoms with E-state index in [0.29, 0.717) is 12.2 Å². The molecular formula is C23H25N3O5. The topological polar surface area (TPSA) is 97.0 Å². The highest BCUT2D eigenvalue weighted by Crippen LogP contribution is 2.37. The first-order chi connectivity index (χ1) is 15.0. The first-order valence-corrected chi connectivity index (χ1v) is 10.3. The molecule has 2 aromatic rings. The molecule has 2 aliphatic rings. The zero-order chi connectivity index (χ0) is 22.0. The summed E-state index contributed by atoms with van der Waals surface area (Å²) in [4.78, 5) is 39.2. The summed E-state index contributed by atoms with van der Waals surface area (Å²) in [6, 6.07) is 12.3. The zero-order valence-corrected chi connectivity index (χ0v) is 17.5. The van der Waals surface area contributed by atoms with Crippen LogP contribution in [0.3, 0.4) is 0 Å². The first-order valence-electron chi connectivity index (χ1n) is 10.3. The van der Waals surface area contributed by atoms with Gasteiger partial charge in [0, 0.05) is 13.1 Å². The molecule has 8 heteroatoms. The third kappa shape index (κ3) is 4.33. The molecule has 31 heavy (non-hydrogen) atoms. The standard InChI is InChI=1S/C23H25N3O5/c1-14(21(27)24-13-15-5-8-17(30-2)9-6-15)31-23(29)16-7-10-19-18(12-16)25-22(28)20-4-3-11-26(19)20/h5-10,12,14,20H,3-4,11,13H2,1-2H3,(H,24,27)(H,25,28)/t14-,20+/m1/s1. The molecule has 0 bridgehead atoms. The Morgan fingerprint density at radius 1 is 1.23 bits per heavy atom. The van der Waals surface area contributed by atoms with E-state index in [1.165, 1.54) is 6.92 Å². The highest BCUT2D eigenvalue weighted by atomic mass is 16.5. The summed E-state index contributed by atoms with van der Waals surface area (Å²) >= 11 is 0. The van der Waals surface area contributed by atoms with E-state index in [9.17, 15) is 14.4 Å². The van der Waals surface area contributed by atoms with Gasteiger partial charge in [0.1, 0.15) is 11.8 Å². The van der Waals surface area contributed by atoms with Crippen LogP contribution in [0.5, 0.6) is 5.75 Å². The number of anilines is 2. The van der Waals surface area contributed by atoms with Crippen molar-refractivity contribution >= 4 is 29.2 Å². The number of esters is 1. The first kappa shape index (κ1) is 20.7. The predicted octanol–water partition coefficient (Wildman–Crippen LogP) is 2.48. The number of rotatable bonds is 6. The van der Waals surface area contributed by atoms with E-state index in [0.717, 1.165) is 36.4 Å². The maximum Gasteiger partial charge on any atom is 0.338 e.